The van der Waals surface area contributed by atoms with Crippen molar-refractivity contribution in [2.45, 2.75) is 43.2 Å². The lowest BCUT2D eigenvalue weighted by Crippen LogP contribution is -2.50. The van der Waals surface area contributed by atoms with Gasteiger partial charge in [-0.25, -0.2) is 13.1 Å². The van der Waals surface area contributed by atoms with E-state index in [9.17, 15) is 8.42 Å². The summed E-state index contributed by atoms with van der Waals surface area (Å²) < 4.78 is 27.1. The fourth-order valence-corrected chi connectivity index (χ4v) is 3.57. The van der Waals surface area contributed by atoms with Gasteiger partial charge in [0.05, 0.1) is 4.90 Å². The van der Waals surface area contributed by atoms with Gasteiger partial charge in [-0.15, -0.1) is 0 Å². The van der Waals surface area contributed by atoms with Crippen molar-refractivity contribution in [3.05, 3.63) is 29.8 Å². The van der Waals surface area contributed by atoms with Crippen molar-refractivity contribution in [1.29, 1.82) is 0 Å². The van der Waals surface area contributed by atoms with E-state index in [0.717, 1.165) is 24.8 Å². The first-order valence-corrected chi connectivity index (χ1v) is 7.27. The van der Waals surface area contributed by atoms with Gasteiger partial charge in [0, 0.05) is 12.1 Å². The normalized spacial score (nSPS) is 18.7. The van der Waals surface area contributed by atoms with E-state index in [1.54, 1.807) is 18.2 Å². The predicted octanol–water partition coefficient (Wildman–Crippen LogP) is 1.37. The van der Waals surface area contributed by atoms with Crippen molar-refractivity contribution >= 4 is 10.0 Å². The monoisotopic (exact) mass is 254 g/mol. The van der Waals surface area contributed by atoms with Crippen LogP contribution in [0.3, 0.4) is 0 Å². The molecule has 0 unspecified atom stereocenters. The van der Waals surface area contributed by atoms with Gasteiger partial charge < -0.3 is 5.73 Å². The van der Waals surface area contributed by atoms with E-state index >= 15 is 0 Å². The molecular weight excluding hydrogens is 236 g/mol. The lowest BCUT2D eigenvalue weighted by Gasteiger charge is -2.38. The second-order valence-electron chi connectivity index (χ2n) is 4.87. The lowest BCUT2D eigenvalue weighted by atomic mass is 9.80. The molecular formula is C12H18N2O2S. The van der Waals surface area contributed by atoms with E-state index in [4.69, 9.17) is 5.73 Å². The highest BCUT2D eigenvalue weighted by molar-refractivity contribution is 7.89. The first kappa shape index (κ1) is 12.5. The number of rotatable bonds is 4. The molecule has 94 valence electrons. The van der Waals surface area contributed by atoms with Crippen LogP contribution in [0.2, 0.25) is 0 Å². The van der Waals surface area contributed by atoms with Crippen molar-refractivity contribution < 1.29 is 8.42 Å². The topological polar surface area (TPSA) is 72.2 Å². The van der Waals surface area contributed by atoms with E-state index < -0.39 is 10.0 Å². The number of nitrogens with one attached hydrogen (secondary N) is 1. The Balaban J connectivity index is 2.24. The quantitative estimate of drug-likeness (QED) is 0.852. The highest BCUT2D eigenvalue weighted by Gasteiger charge is 2.36. The third-order valence-corrected chi connectivity index (χ3v) is 4.92. The Labute approximate surface area is 102 Å². The molecule has 0 radical (unpaired) electrons. The van der Waals surface area contributed by atoms with Crippen LogP contribution in [-0.2, 0) is 16.6 Å². The predicted molar refractivity (Wildman–Crippen MR) is 66.9 cm³/mol. The van der Waals surface area contributed by atoms with Gasteiger partial charge in [-0.1, -0.05) is 12.1 Å². The van der Waals surface area contributed by atoms with Crippen LogP contribution >= 0.6 is 0 Å². The molecule has 3 N–H and O–H groups in total. The molecule has 0 amide bonds. The minimum Gasteiger partial charge on any atom is -0.326 e. The largest absolute Gasteiger partial charge is 0.326 e. The van der Waals surface area contributed by atoms with Crippen LogP contribution in [-0.4, -0.2) is 14.0 Å². The third kappa shape index (κ3) is 2.68. The molecule has 1 aromatic carbocycles. The number of sulfonamides is 1. The summed E-state index contributed by atoms with van der Waals surface area (Å²) in [5.41, 5.74) is 6.07. The molecule has 0 saturated heterocycles. The van der Waals surface area contributed by atoms with Gasteiger partial charge in [0.15, 0.2) is 0 Å². The molecule has 4 nitrogen and oxygen atoms in total. The van der Waals surface area contributed by atoms with Crippen LogP contribution < -0.4 is 10.5 Å². The molecule has 1 aromatic rings. The summed E-state index contributed by atoms with van der Waals surface area (Å²) in [4.78, 5) is 0.300. The number of nitrogens with two attached hydrogens (primary N) is 1. The van der Waals surface area contributed by atoms with Crippen LogP contribution in [0.1, 0.15) is 31.7 Å². The molecule has 2 rings (SSSR count). The number of benzene rings is 1. The Morgan fingerprint density at radius 1 is 1.41 bits per heavy atom. The SMILES string of the molecule is CC1(NS(=O)(=O)c2cccc(CN)c2)CCC1. The average Bonchev–Trinajstić information content (AvgIpc) is 2.26. The molecule has 0 heterocycles. The zero-order valence-corrected chi connectivity index (χ0v) is 10.8. The average molecular weight is 254 g/mol. The maximum absolute atomic E-state index is 12.2. The summed E-state index contributed by atoms with van der Waals surface area (Å²) in [5.74, 6) is 0. The number of hydrogen-bond acceptors (Lipinski definition) is 3. The van der Waals surface area contributed by atoms with Crippen LogP contribution in [0.25, 0.3) is 0 Å². The van der Waals surface area contributed by atoms with Gasteiger partial charge in [-0.3, -0.25) is 0 Å². The third-order valence-electron chi connectivity index (χ3n) is 3.28. The minimum absolute atomic E-state index is 0.266. The van der Waals surface area contributed by atoms with Gasteiger partial charge in [0.2, 0.25) is 10.0 Å². The lowest BCUT2D eigenvalue weighted by molar-refractivity contribution is 0.248. The zero-order chi connectivity index (χ0) is 12.5. The molecule has 0 aromatic heterocycles. The van der Waals surface area contributed by atoms with Crippen molar-refractivity contribution in [2.75, 3.05) is 0 Å². The van der Waals surface area contributed by atoms with Gasteiger partial charge in [0.1, 0.15) is 0 Å². The summed E-state index contributed by atoms with van der Waals surface area (Å²) in [6.45, 7) is 2.29. The Kier molecular flexibility index (Phi) is 3.25. The van der Waals surface area contributed by atoms with E-state index in [1.807, 2.05) is 13.0 Å². The van der Waals surface area contributed by atoms with Gasteiger partial charge in [-0.2, -0.15) is 0 Å². The molecule has 0 bridgehead atoms. The molecule has 1 aliphatic carbocycles. The smallest absolute Gasteiger partial charge is 0.241 e. The molecule has 1 fully saturated rings. The molecule has 0 aliphatic heterocycles. The van der Waals surface area contributed by atoms with Crippen molar-refractivity contribution in [3.63, 3.8) is 0 Å². The summed E-state index contributed by atoms with van der Waals surface area (Å²) in [7, 11) is -3.42. The minimum atomic E-state index is -3.42. The van der Waals surface area contributed by atoms with Crippen LogP contribution in [0.5, 0.6) is 0 Å². The van der Waals surface area contributed by atoms with E-state index in [2.05, 4.69) is 4.72 Å². The summed E-state index contributed by atoms with van der Waals surface area (Å²) in [6, 6.07) is 6.78. The van der Waals surface area contributed by atoms with Gasteiger partial charge >= 0.3 is 0 Å². The summed E-state index contributed by atoms with van der Waals surface area (Å²) in [5, 5.41) is 0. The van der Waals surface area contributed by atoms with Crippen LogP contribution in [0.15, 0.2) is 29.2 Å². The summed E-state index contributed by atoms with van der Waals surface area (Å²) in [6.07, 6.45) is 2.90. The Morgan fingerprint density at radius 3 is 2.65 bits per heavy atom. The van der Waals surface area contributed by atoms with Crippen LogP contribution in [0.4, 0.5) is 0 Å². The standard InChI is InChI=1S/C12H18N2O2S/c1-12(6-3-7-12)14-17(15,16)11-5-2-4-10(8-11)9-13/h2,4-5,8,14H,3,6-7,9,13H2,1H3. The second kappa shape index (κ2) is 4.40. The Hall–Kier alpha value is -0.910. The first-order chi connectivity index (χ1) is 7.95. The van der Waals surface area contributed by atoms with Crippen molar-refractivity contribution in [3.8, 4) is 0 Å². The van der Waals surface area contributed by atoms with E-state index in [1.165, 1.54) is 0 Å². The number of hydrogen-bond donors (Lipinski definition) is 2. The van der Waals surface area contributed by atoms with Crippen molar-refractivity contribution in [2.24, 2.45) is 5.73 Å². The highest BCUT2D eigenvalue weighted by Crippen LogP contribution is 2.32. The Morgan fingerprint density at radius 2 is 2.12 bits per heavy atom. The maximum Gasteiger partial charge on any atom is 0.241 e. The fraction of sp³-hybridized carbons (Fsp3) is 0.500. The molecule has 0 spiro atoms. The first-order valence-electron chi connectivity index (χ1n) is 5.78. The van der Waals surface area contributed by atoms with E-state index in [-0.39, 0.29) is 5.54 Å². The van der Waals surface area contributed by atoms with Crippen molar-refractivity contribution in [1.82, 2.24) is 4.72 Å². The maximum atomic E-state index is 12.2. The summed E-state index contributed by atoms with van der Waals surface area (Å²) >= 11 is 0. The Bertz CT molecular complexity index is 507. The van der Waals surface area contributed by atoms with Gasteiger partial charge in [0.25, 0.3) is 0 Å². The fourth-order valence-electron chi connectivity index (χ4n) is 2.03. The molecule has 17 heavy (non-hydrogen) atoms. The second-order valence-corrected chi connectivity index (χ2v) is 6.55. The van der Waals surface area contributed by atoms with Gasteiger partial charge in [-0.05, 0) is 43.9 Å². The molecule has 1 aliphatic rings. The molecule has 0 atom stereocenters. The molecule has 1 saturated carbocycles. The van der Waals surface area contributed by atoms with E-state index in [0.29, 0.717) is 11.4 Å². The highest BCUT2D eigenvalue weighted by atomic mass is 32.2. The molecule has 5 heteroatoms. The van der Waals surface area contributed by atoms with Crippen LogP contribution in [0, 0.1) is 0 Å². The zero-order valence-electron chi connectivity index (χ0n) is 9.94.